The van der Waals surface area contributed by atoms with Gasteiger partial charge in [0.05, 0.1) is 18.3 Å². The number of carbonyl (C=O) groups excluding carboxylic acids is 2. The summed E-state index contributed by atoms with van der Waals surface area (Å²) in [6.07, 6.45) is 6.44. The van der Waals surface area contributed by atoms with Crippen LogP contribution in [-0.2, 0) is 9.53 Å². The van der Waals surface area contributed by atoms with Gasteiger partial charge in [0.2, 0.25) is 5.91 Å². The average Bonchev–Trinajstić information content (AvgIpc) is 2.51. The van der Waals surface area contributed by atoms with Crippen LogP contribution < -0.4 is 5.32 Å². The van der Waals surface area contributed by atoms with Crippen molar-refractivity contribution < 1.29 is 19.4 Å². The maximum absolute atomic E-state index is 12.6. The smallest absolute Gasteiger partial charge is 0.337 e. The maximum Gasteiger partial charge on any atom is 0.337 e. The topological polar surface area (TPSA) is 75.6 Å². The number of hydrogen-bond acceptors (Lipinski definition) is 4. The minimum atomic E-state index is -0.535. The fourth-order valence-corrected chi connectivity index (χ4v) is 5.96. The predicted octanol–water partition coefficient (Wildman–Crippen LogP) is 3.13. The number of ether oxygens (including phenoxy) is 1. The third-order valence-corrected chi connectivity index (χ3v) is 6.28. The molecule has 4 saturated carbocycles. The summed E-state index contributed by atoms with van der Waals surface area (Å²) in [6, 6.07) is 6.73. The molecule has 0 saturated heterocycles. The zero-order valence-corrected chi connectivity index (χ0v) is 14.6. The van der Waals surface area contributed by atoms with Gasteiger partial charge >= 0.3 is 5.97 Å². The van der Waals surface area contributed by atoms with E-state index < -0.39 is 5.60 Å². The first-order valence-corrected chi connectivity index (χ1v) is 9.09. The molecule has 5 nitrogen and oxygen atoms in total. The Bertz CT molecular complexity index is 682. The van der Waals surface area contributed by atoms with E-state index in [0.29, 0.717) is 29.5 Å². The molecule has 0 radical (unpaired) electrons. The number of aliphatic hydroxyl groups is 1. The minimum Gasteiger partial charge on any atom is -0.465 e. The van der Waals surface area contributed by atoms with E-state index in [9.17, 15) is 14.7 Å². The lowest BCUT2D eigenvalue weighted by atomic mass is 9.47. The molecule has 1 aromatic rings. The van der Waals surface area contributed by atoms with Crippen molar-refractivity contribution in [3.8, 4) is 0 Å². The Morgan fingerprint density at radius 1 is 1.16 bits per heavy atom. The number of amides is 1. The van der Waals surface area contributed by atoms with Crippen LogP contribution in [0.4, 0.5) is 5.69 Å². The second kappa shape index (κ2) is 5.84. The molecule has 4 aliphatic carbocycles. The highest BCUT2D eigenvalue weighted by Gasteiger charge is 2.57. The average molecular weight is 343 g/mol. The molecule has 4 fully saturated rings. The fraction of sp³-hybridized carbons (Fsp3) is 0.600. The Hall–Kier alpha value is -1.88. The second-order valence-corrected chi connectivity index (χ2v) is 8.48. The molecule has 0 aromatic heterocycles. The fourth-order valence-electron chi connectivity index (χ4n) is 5.96. The first-order valence-electron chi connectivity index (χ1n) is 9.09. The summed E-state index contributed by atoms with van der Waals surface area (Å²) < 4.78 is 4.68. The predicted molar refractivity (Wildman–Crippen MR) is 93.1 cm³/mol. The Kier molecular flexibility index (Phi) is 3.87. The first-order chi connectivity index (χ1) is 11.9. The van der Waals surface area contributed by atoms with Crippen molar-refractivity contribution in [2.75, 3.05) is 12.4 Å². The number of nitrogens with one attached hydrogen (secondary N) is 1. The highest BCUT2D eigenvalue weighted by molar-refractivity contribution is 5.93. The van der Waals surface area contributed by atoms with E-state index in [1.165, 1.54) is 13.5 Å². The molecule has 2 N–H and O–H groups in total. The molecule has 4 bridgehead atoms. The quantitative estimate of drug-likeness (QED) is 0.824. The summed E-state index contributed by atoms with van der Waals surface area (Å²) in [4.78, 5) is 24.1. The van der Waals surface area contributed by atoms with Gasteiger partial charge in [-0.3, -0.25) is 4.79 Å². The van der Waals surface area contributed by atoms with Gasteiger partial charge < -0.3 is 15.2 Å². The summed E-state index contributed by atoms with van der Waals surface area (Å²) in [7, 11) is 1.34. The van der Waals surface area contributed by atoms with E-state index in [1.807, 2.05) is 0 Å². The number of rotatable bonds is 4. The largest absolute Gasteiger partial charge is 0.465 e. The van der Waals surface area contributed by atoms with Gasteiger partial charge in [-0.25, -0.2) is 4.79 Å². The van der Waals surface area contributed by atoms with Gasteiger partial charge in [-0.15, -0.1) is 0 Å². The molecule has 1 aromatic carbocycles. The van der Waals surface area contributed by atoms with E-state index in [1.54, 1.807) is 24.3 Å². The number of hydrogen-bond donors (Lipinski definition) is 2. The first kappa shape index (κ1) is 16.6. The summed E-state index contributed by atoms with van der Waals surface area (Å²) >= 11 is 0. The zero-order chi connectivity index (χ0) is 17.7. The third-order valence-electron chi connectivity index (χ3n) is 6.28. The normalized spacial score (nSPS) is 35.4. The van der Waals surface area contributed by atoms with E-state index in [-0.39, 0.29) is 17.3 Å². The molecule has 4 aliphatic rings. The summed E-state index contributed by atoms with van der Waals surface area (Å²) in [5.41, 5.74) is 0.575. The number of esters is 1. The Balaban J connectivity index is 1.42. The summed E-state index contributed by atoms with van der Waals surface area (Å²) in [6.45, 7) is 0. The van der Waals surface area contributed by atoms with Gasteiger partial charge in [0, 0.05) is 12.1 Å². The molecular formula is C20H25NO4. The van der Waals surface area contributed by atoms with Crippen LogP contribution in [0.2, 0.25) is 0 Å². The van der Waals surface area contributed by atoms with Gasteiger partial charge in [-0.05, 0) is 80.0 Å². The molecule has 134 valence electrons. The molecule has 5 rings (SSSR count). The van der Waals surface area contributed by atoms with Crippen molar-refractivity contribution >= 4 is 17.6 Å². The highest BCUT2D eigenvalue weighted by Crippen LogP contribution is 2.62. The number of anilines is 1. The second-order valence-electron chi connectivity index (χ2n) is 8.48. The SMILES string of the molecule is COC(=O)c1ccc(NC(=O)CC23C[C@@H]4C[C@@H](CC(O)(C4)C2)C3)cc1. The molecular weight excluding hydrogens is 318 g/mol. The monoisotopic (exact) mass is 343 g/mol. The van der Waals surface area contributed by atoms with E-state index in [2.05, 4.69) is 10.1 Å². The number of benzene rings is 1. The van der Waals surface area contributed by atoms with Gasteiger partial charge in [-0.1, -0.05) is 0 Å². The van der Waals surface area contributed by atoms with Crippen LogP contribution >= 0.6 is 0 Å². The number of carbonyl (C=O) groups is 2. The van der Waals surface area contributed by atoms with Crippen LogP contribution in [0.3, 0.4) is 0 Å². The van der Waals surface area contributed by atoms with Gasteiger partial charge in [-0.2, -0.15) is 0 Å². The van der Waals surface area contributed by atoms with Crippen molar-refractivity contribution in [3.05, 3.63) is 29.8 Å². The van der Waals surface area contributed by atoms with Crippen LogP contribution in [0.25, 0.3) is 0 Å². The van der Waals surface area contributed by atoms with Crippen LogP contribution in [0.5, 0.6) is 0 Å². The van der Waals surface area contributed by atoms with Gasteiger partial charge in [0.1, 0.15) is 0 Å². The molecule has 0 spiro atoms. The molecule has 2 unspecified atom stereocenters. The lowest BCUT2D eigenvalue weighted by Gasteiger charge is -2.60. The van der Waals surface area contributed by atoms with Gasteiger partial charge in [0.15, 0.2) is 0 Å². The van der Waals surface area contributed by atoms with Crippen LogP contribution in [0, 0.1) is 17.3 Å². The van der Waals surface area contributed by atoms with E-state index in [0.717, 1.165) is 32.1 Å². The molecule has 0 heterocycles. The van der Waals surface area contributed by atoms with Crippen LogP contribution in [0.1, 0.15) is 55.3 Å². The van der Waals surface area contributed by atoms with Crippen molar-refractivity contribution in [1.29, 1.82) is 0 Å². The molecule has 0 aliphatic heterocycles. The molecule has 4 atom stereocenters. The summed E-state index contributed by atoms with van der Waals surface area (Å²) in [5.74, 6) is 0.771. The lowest BCUT2D eigenvalue weighted by molar-refractivity contribution is -0.167. The Morgan fingerprint density at radius 2 is 1.80 bits per heavy atom. The Labute approximate surface area is 147 Å². The standard InChI is InChI=1S/C20H25NO4/c1-25-18(23)15-2-4-16(5-3-15)21-17(22)11-19-7-13-6-14(8-19)10-20(24,9-13)12-19/h2-5,13-14,24H,6-12H2,1H3,(H,21,22)/t13-,14+,19?,20?. The van der Waals surface area contributed by atoms with E-state index >= 15 is 0 Å². The highest BCUT2D eigenvalue weighted by atomic mass is 16.5. The van der Waals surface area contributed by atoms with Crippen molar-refractivity contribution in [2.45, 2.75) is 50.5 Å². The lowest BCUT2D eigenvalue weighted by Crippen LogP contribution is -2.56. The third kappa shape index (κ3) is 3.17. The minimum absolute atomic E-state index is 0.00336. The summed E-state index contributed by atoms with van der Waals surface area (Å²) in [5, 5.41) is 13.7. The van der Waals surface area contributed by atoms with Crippen molar-refractivity contribution in [3.63, 3.8) is 0 Å². The zero-order valence-electron chi connectivity index (χ0n) is 14.6. The maximum atomic E-state index is 12.6. The molecule has 1 amide bonds. The molecule has 25 heavy (non-hydrogen) atoms. The van der Waals surface area contributed by atoms with E-state index in [4.69, 9.17) is 0 Å². The number of methoxy groups -OCH3 is 1. The molecule has 5 heteroatoms. The Morgan fingerprint density at radius 3 is 2.36 bits per heavy atom. The van der Waals surface area contributed by atoms with Gasteiger partial charge in [0.25, 0.3) is 0 Å². The van der Waals surface area contributed by atoms with Crippen molar-refractivity contribution in [1.82, 2.24) is 0 Å². The van der Waals surface area contributed by atoms with Crippen LogP contribution in [-0.4, -0.2) is 29.7 Å². The van der Waals surface area contributed by atoms with Crippen molar-refractivity contribution in [2.24, 2.45) is 17.3 Å². The van der Waals surface area contributed by atoms with Crippen LogP contribution in [0.15, 0.2) is 24.3 Å².